The number of ether oxygens (including phenoxy) is 1. The Labute approximate surface area is 98.3 Å². The Bertz CT molecular complexity index is 248. The minimum atomic E-state index is -0.163. The lowest BCUT2D eigenvalue weighted by molar-refractivity contribution is -0.130. The smallest absolute Gasteiger partial charge is 0.237 e. The zero-order valence-electron chi connectivity index (χ0n) is 11.0. The summed E-state index contributed by atoms with van der Waals surface area (Å²) in [6, 6.07) is -0.0782. The fraction of sp³-hybridized carbons (Fsp3) is 0.917. The zero-order valence-corrected chi connectivity index (χ0v) is 11.0. The van der Waals surface area contributed by atoms with Crippen LogP contribution in [0.5, 0.6) is 0 Å². The molecule has 1 N–H and O–H groups in total. The maximum atomic E-state index is 12.0. The molecule has 1 fully saturated rings. The van der Waals surface area contributed by atoms with E-state index >= 15 is 0 Å². The van der Waals surface area contributed by atoms with E-state index in [0.717, 1.165) is 13.1 Å². The van der Waals surface area contributed by atoms with E-state index in [-0.39, 0.29) is 23.6 Å². The molecule has 2 atom stereocenters. The van der Waals surface area contributed by atoms with Gasteiger partial charge in [-0.1, -0.05) is 0 Å². The number of hydrogen-bond donors (Lipinski definition) is 1. The van der Waals surface area contributed by atoms with Crippen LogP contribution in [0.15, 0.2) is 0 Å². The van der Waals surface area contributed by atoms with Crippen molar-refractivity contribution in [2.75, 3.05) is 19.7 Å². The Hall–Kier alpha value is -0.610. The average Bonchev–Trinajstić information content (AvgIpc) is 2.14. The van der Waals surface area contributed by atoms with Crippen LogP contribution < -0.4 is 5.32 Å². The van der Waals surface area contributed by atoms with Gasteiger partial charge in [-0.25, -0.2) is 0 Å². The van der Waals surface area contributed by atoms with Crippen molar-refractivity contribution in [1.82, 2.24) is 10.2 Å². The number of amides is 1. The molecule has 1 aliphatic heterocycles. The molecule has 1 aliphatic rings. The normalized spacial score (nSPS) is 25.2. The van der Waals surface area contributed by atoms with Crippen molar-refractivity contribution in [3.8, 4) is 0 Å². The van der Waals surface area contributed by atoms with Gasteiger partial charge in [0.05, 0.1) is 18.8 Å². The van der Waals surface area contributed by atoms with Crippen LogP contribution in [-0.2, 0) is 9.53 Å². The molecule has 0 aromatic rings. The van der Waals surface area contributed by atoms with Crippen LogP contribution in [0, 0.1) is 0 Å². The molecule has 0 aromatic carbocycles. The zero-order chi connectivity index (χ0) is 12.3. The standard InChI is InChI=1S/C12H24N2O2/c1-9-8-14(6-7-16-9)10(2)11(15)13-12(3,4)5/h9-10H,6-8H2,1-5H3,(H,13,15). The summed E-state index contributed by atoms with van der Waals surface area (Å²) in [5.41, 5.74) is -0.163. The second-order valence-electron chi connectivity index (χ2n) is 5.59. The van der Waals surface area contributed by atoms with Gasteiger partial charge in [0.25, 0.3) is 0 Å². The Morgan fingerprint density at radius 2 is 2.12 bits per heavy atom. The number of morpholine rings is 1. The molecule has 0 saturated carbocycles. The molecule has 94 valence electrons. The van der Waals surface area contributed by atoms with Crippen LogP contribution >= 0.6 is 0 Å². The average molecular weight is 228 g/mol. The topological polar surface area (TPSA) is 41.6 Å². The van der Waals surface area contributed by atoms with Gasteiger partial charge in [-0.2, -0.15) is 0 Å². The highest BCUT2D eigenvalue weighted by Gasteiger charge is 2.27. The highest BCUT2D eigenvalue weighted by Crippen LogP contribution is 2.10. The third kappa shape index (κ3) is 4.10. The van der Waals surface area contributed by atoms with Crippen LogP contribution in [0.25, 0.3) is 0 Å². The van der Waals surface area contributed by atoms with E-state index in [4.69, 9.17) is 4.74 Å². The molecular weight excluding hydrogens is 204 g/mol. The lowest BCUT2D eigenvalue weighted by Gasteiger charge is -2.36. The predicted molar refractivity (Wildman–Crippen MR) is 64.3 cm³/mol. The van der Waals surface area contributed by atoms with Gasteiger partial charge in [0.1, 0.15) is 0 Å². The molecule has 1 rings (SSSR count). The first kappa shape index (κ1) is 13.5. The van der Waals surface area contributed by atoms with Crippen molar-refractivity contribution in [3.63, 3.8) is 0 Å². The fourth-order valence-electron chi connectivity index (χ4n) is 1.84. The minimum Gasteiger partial charge on any atom is -0.376 e. The monoisotopic (exact) mass is 228 g/mol. The molecule has 0 bridgehead atoms. The minimum absolute atomic E-state index is 0.0782. The first-order chi connectivity index (χ1) is 7.29. The molecule has 4 nitrogen and oxygen atoms in total. The van der Waals surface area contributed by atoms with E-state index in [1.807, 2.05) is 34.6 Å². The van der Waals surface area contributed by atoms with Crippen LogP contribution in [0.3, 0.4) is 0 Å². The van der Waals surface area contributed by atoms with Crippen molar-refractivity contribution in [1.29, 1.82) is 0 Å². The van der Waals surface area contributed by atoms with E-state index in [1.165, 1.54) is 0 Å². The highest BCUT2D eigenvalue weighted by molar-refractivity contribution is 5.81. The summed E-state index contributed by atoms with van der Waals surface area (Å²) in [6.45, 7) is 12.4. The molecule has 0 aliphatic carbocycles. The van der Waals surface area contributed by atoms with Crippen LogP contribution in [0.1, 0.15) is 34.6 Å². The number of nitrogens with one attached hydrogen (secondary N) is 1. The second-order valence-corrected chi connectivity index (χ2v) is 5.59. The van der Waals surface area contributed by atoms with E-state index in [9.17, 15) is 4.79 Å². The molecule has 0 radical (unpaired) electrons. The van der Waals surface area contributed by atoms with Crippen LogP contribution in [0.2, 0.25) is 0 Å². The first-order valence-corrected chi connectivity index (χ1v) is 5.97. The van der Waals surface area contributed by atoms with E-state index in [1.54, 1.807) is 0 Å². The fourth-order valence-corrected chi connectivity index (χ4v) is 1.84. The molecule has 0 aromatic heterocycles. The van der Waals surface area contributed by atoms with Gasteiger partial charge in [-0.15, -0.1) is 0 Å². The summed E-state index contributed by atoms with van der Waals surface area (Å²) < 4.78 is 5.47. The third-order valence-corrected chi connectivity index (χ3v) is 2.70. The van der Waals surface area contributed by atoms with Crippen molar-refractivity contribution in [2.24, 2.45) is 0 Å². The summed E-state index contributed by atoms with van der Waals surface area (Å²) in [5, 5.41) is 3.01. The Morgan fingerprint density at radius 3 is 2.62 bits per heavy atom. The van der Waals surface area contributed by atoms with Gasteiger partial charge in [0, 0.05) is 18.6 Å². The third-order valence-electron chi connectivity index (χ3n) is 2.70. The maximum Gasteiger partial charge on any atom is 0.237 e. The molecule has 2 unspecified atom stereocenters. The summed E-state index contributed by atoms with van der Waals surface area (Å²) in [5.74, 6) is 0.0987. The number of nitrogens with zero attached hydrogens (tertiary/aromatic N) is 1. The van der Waals surface area contributed by atoms with Crippen molar-refractivity contribution >= 4 is 5.91 Å². The summed E-state index contributed by atoms with van der Waals surface area (Å²) in [7, 11) is 0. The van der Waals surface area contributed by atoms with Gasteiger partial charge >= 0.3 is 0 Å². The molecule has 1 saturated heterocycles. The number of carbonyl (C=O) groups is 1. The van der Waals surface area contributed by atoms with Gasteiger partial charge in [-0.3, -0.25) is 9.69 Å². The Morgan fingerprint density at radius 1 is 1.50 bits per heavy atom. The molecular formula is C12H24N2O2. The van der Waals surface area contributed by atoms with Crippen LogP contribution in [-0.4, -0.2) is 48.2 Å². The number of rotatable bonds is 2. The van der Waals surface area contributed by atoms with Crippen molar-refractivity contribution in [2.45, 2.75) is 52.3 Å². The molecule has 1 amide bonds. The van der Waals surface area contributed by atoms with Crippen molar-refractivity contribution in [3.05, 3.63) is 0 Å². The van der Waals surface area contributed by atoms with Gasteiger partial charge < -0.3 is 10.1 Å². The Balaban J connectivity index is 2.49. The largest absolute Gasteiger partial charge is 0.376 e. The first-order valence-electron chi connectivity index (χ1n) is 5.97. The predicted octanol–water partition coefficient (Wildman–Crippen LogP) is 1.01. The molecule has 4 heteroatoms. The van der Waals surface area contributed by atoms with E-state index in [2.05, 4.69) is 10.2 Å². The maximum absolute atomic E-state index is 12.0. The van der Waals surface area contributed by atoms with Gasteiger partial charge in [-0.05, 0) is 34.6 Å². The van der Waals surface area contributed by atoms with Crippen molar-refractivity contribution < 1.29 is 9.53 Å². The summed E-state index contributed by atoms with van der Waals surface area (Å²) in [6.07, 6.45) is 0.221. The SMILES string of the molecule is CC1CN(C(C)C(=O)NC(C)(C)C)CCO1. The second kappa shape index (κ2) is 5.15. The number of carbonyl (C=O) groups excluding carboxylic acids is 1. The van der Waals surface area contributed by atoms with E-state index < -0.39 is 0 Å². The summed E-state index contributed by atoms with van der Waals surface area (Å²) in [4.78, 5) is 14.1. The van der Waals surface area contributed by atoms with Gasteiger partial charge in [0.15, 0.2) is 0 Å². The van der Waals surface area contributed by atoms with Gasteiger partial charge in [0.2, 0.25) is 5.91 Å². The summed E-state index contributed by atoms with van der Waals surface area (Å²) >= 11 is 0. The molecule has 16 heavy (non-hydrogen) atoms. The van der Waals surface area contributed by atoms with Crippen LogP contribution in [0.4, 0.5) is 0 Å². The lowest BCUT2D eigenvalue weighted by atomic mass is 10.1. The number of hydrogen-bond acceptors (Lipinski definition) is 3. The van der Waals surface area contributed by atoms with E-state index in [0.29, 0.717) is 6.61 Å². The molecule has 1 heterocycles. The quantitative estimate of drug-likeness (QED) is 0.767. The Kier molecular flexibility index (Phi) is 4.33. The lowest BCUT2D eigenvalue weighted by Crippen LogP contribution is -2.54. The highest BCUT2D eigenvalue weighted by atomic mass is 16.5. The molecule has 0 spiro atoms.